The van der Waals surface area contributed by atoms with Crippen molar-refractivity contribution in [1.82, 2.24) is 19.5 Å². The fourth-order valence-corrected chi connectivity index (χ4v) is 5.05. The van der Waals surface area contributed by atoms with Crippen LogP contribution in [0.2, 0.25) is 5.15 Å². The third-order valence-electron chi connectivity index (χ3n) is 5.61. The molecule has 0 bridgehead atoms. The number of ether oxygens (including phenoxy) is 2. The number of aromatic nitrogens is 4. The number of methoxy groups -OCH3 is 1. The van der Waals surface area contributed by atoms with Crippen LogP contribution in [0.25, 0.3) is 22.7 Å². The molecular formula is C26H20ClFN6O5S. The number of benzene rings is 2. The number of phenolic OH excluding ortho intramolecular Hbond substituents is 1. The van der Waals surface area contributed by atoms with Gasteiger partial charge < -0.3 is 14.6 Å². The maximum Gasteiger partial charge on any atom is 0.263 e. The third-order valence-corrected chi connectivity index (χ3v) is 7.22. The fourth-order valence-electron chi connectivity index (χ4n) is 3.82. The van der Waals surface area contributed by atoms with E-state index < -0.39 is 16.7 Å². The molecule has 0 saturated carbocycles. The van der Waals surface area contributed by atoms with Crippen LogP contribution in [-0.4, -0.2) is 52.7 Å². The highest BCUT2D eigenvalue weighted by Gasteiger charge is 2.26. The Labute approximate surface area is 232 Å². The Morgan fingerprint density at radius 2 is 1.93 bits per heavy atom. The molecule has 14 heteroatoms. The number of nitrogens with zero attached hydrogens (tertiary/aromatic N) is 5. The second-order valence-electron chi connectivity index (χ2n) is 8.14. The molecule has 0 amide bonds. The van der Waals surface area contributed by atoms with E-state index in [1.54, 1.807) is 19.1 Å². The minimum atomic E-state index is -4.19. The van der Waals surface area contributed by atoms with Crippen LogP contribution in [0.15, 0.2) is 69.9 Å². The van der Waals surface area contributed by atoms with E-state index in [0.717, 1.165) is 0 Å². The SMILES string of the molecule is CCOC1=NC(c2nc3nc(Cl)c(NS(=O)(=O)c4ccc(CF)cc4)nc3n2-c2c(O)cccc2OC)=C=C=C1. The Morgan fingerprint density at radius 3 is 2.62 bits per heavy atom. The molecular weight excluding hydrogens is 563 g/mol. The van der Waals surface area contributed by atoms with Crippen LogP contribution in [-0.2, 0) is 21.4 Å². The van der Waals surface area contributed by atoms with E-state index in [2.05, 4.69) is 36.1 Å². The lowest BCUT2D eigenvalue weighted by Crippen LogP contribution is -2.15. The van der Waals surface area contributed by atoms with Gasteiger partial charge in [-0.25, -0.2) is 32.8 Å². The molecule has 40 heavy (non-hydrogen) atoms. The molecule has 0 saturated heterocycles. The van der Waals surface area contributed by atoms with Crippen molar-refractivity contribution < 1.29 is 27.4 Å². The van der Waals surface area contributed by atoms with Crippen LogP contribution in [0.5, 0.6) is 11.5 Å². The first-order chi connectivity index (χ1) is 19.2. The lowest BCUT2D eigenvalue weighted by atomic mass is 10.2. The lowest BCUT2D eigenvalue weighted by molar-refractivity contribution is 0.330. The molecule has 0 spiro atoms. The van der Waals surface area contributed by atoms with Crippen molar-refractivity contribution in [2.45, 2.75) is 18.5 Å². The van der Waals surface area contributed by atoms with Crippen LogP contribution in [0.4, 0.5) is 10.2 Å². The van der Waals surface area contributed by atoms with Crippen LogP contribution < -0.4 is 9.46 Å². The van der Waals surface area contributed by atoms with Gasteiger partial charge in [0.1, 0.15) is 23.9 Å². The van der Waals surface area contributed by atoms with E-state index in [0.29, 0.717) is 12.2 Å². The number of para-hydroxylation sites is 1. The van der Waals surface area contributed by atoms with E-state index in [-0.39, 0.29) is 61.8 Å². The maximum atomic E-state index is 13.1. The molecule has 2 aromatic carbocycles. The van der Waals surface area contributed by atoms with Gasteiger partial charge in [0.2, 0.25) is 5.90 Å². The topological polar surface area (TPSA) is 141 Å². The molecule has 5 rings (SSSR count). The summed E-state index contributed by atoms with van der Waals surface area (Å²) >= 11 is 6.33. The standard InChI is InChI=1S/C26H20ClFN6O5S/c1-3-39-20-9-4-6-17(29-20)25-32-24-26(34(25)21-18(35)7-5-8-19(21)38-2)31-23(22(27)30-24)33-40(36,37)16-12-10-15(14-28)11-13-16/h5,7-13,35H,3,14H2,1-2H3,(H,31,33). The van der Waals surface area contributed by atoms with Crippen molar-refractivity contribution in [1.29, 1.82) is 0 Å². The average molecular weight is 583 g/mol. The summed E-state index contributed by atoms with van der Waals surface area (Å²) in [5.74, 6) is 0.113. The van der Waals surface area contributed by atoms with E-state index in [9.17, 15) is 17.9 Å². The van der Waals surface area contributed by atoms with Gasteiger partial charge in [0, 0.05) is 0 Å². The van der Waals surface area contributed by atoms with Gasteiger partial charge in [-0.05, 0) is 42.5 Å². The van der Waals surface area contributed by atoms with Gasteiger partial charge in [0.25, 0.3) is 10.0 Å². The summed E-state index contributed by atoms with van der Waals surface area (Å²) in [5, 5.41) is 10.6. The average Bonchev–Trinajstić information content (AvgIpc) is 3.30. The minimum absolute atomic E-state index is 0.0116. The molecule has 0 aliphatic carbocycles. The second kappa shape index (κ2) is 10.8. The number of hydrogen-bond acceptors (Lipinski definition) is 9. The summed E-state index contributed by atoms with van der Waals surface area (Å²) in [6.07, 6.45) is 1.50. The zero-order valence-corrected chi connectivity index (χ0v) is 22.6. The number of alkyl halides is 1. The second-order valence-corrected chi connectivity index (χ2v) is 10.2. The van der Waals surface area contributed by atoms with Crippen LogP contribution >= 0.6 is 11.6 Å². The number of fused-ring (bicyclic) bond motifs is 1. The van der Waals surface area contributed by atoms with Gasteiger partial charge in [-0.1, -0.05) is 35.5 Å². The molecule has 2 aromatic heterocycles. The molecule has 0 atom stereocenters. The first kappa shape index (κ1) is 26.9. The Kier molecular flexibility index (Phi) is 7.29. The van der Waals surface area contributed by atoms with Crippen molar-refractivity contribution in [3.63, 3.8) is 0 Å². The highest BCUT2D eigenvalue weighted by atomic mass is 35.5. The number of imidazole rings is 1. The summed E-state index contributed by atoms with van der Waals surface area (Å²) in [6.45, 7) is 1.42. The van der Waals surface area contributed by atoms with E-state index in [1.807, 2.05) is 0 Å². The zero-order chi connectivity index (χ0) is 28.4. The number of phenols is 1. The summed E-state index contributed by atoms with van der Waals surface area (Å²) in [4.78, 5) is 17.5. The van der Waals surface area contributed by atoms with Gasteiger partial charge in [0.05, 0.1) is 24.7 Å². The van der Waals surface area contributed by atoms with Gasteiger partial charge in [-0.2, -0.15) is 0 Å². The smallest absolute Gasteiger partial charge is 0.263 e. The summed E-state index contributed by atoms with van der Waals surface area (Å²) in [7, 11) is -2.77. The first-order valence-corrected chi connectivity index (χ1v) is 13.6. The van der Waals surface area contributed by atoms with Gasteiger partial charge >= 0.3 is 0 Å². The number of sulfonamides is 1. The number of aliphatic imine (C=N–C) groups is 1. The molecule has 0 unspecified atom stereocenters. The molecule has 0 radical (unpaired) electrons. The first-order valence-electron chi connectivity index (χ1n) is 11.7. The Bertz CT molecular complexity index is 1880. The number of nitrogens with one attached hydrogen (secondary N) is 1. The largest absolute Gasteiger partial charge is 0.506 e. The Balaban J connectivity index is 1.73. The predicted molar refractivity (Wildman–Crippen MR) is 146 cm³/mol. The summed E-state index contributed by atoms with van der Waals surface area (Å²) in [6, 6.07) is 9.85. The Hall–Kier alpha value is -4.67. The van der Waals surface area contributed by atoms with E-state index in [1.165, 1.54) is 48.1 Å². The molecule has 1 aliphatic rings. The molecule has 11 nitrogen and oxygen atoms in total. The van der Waals surface area contributed by atoms with Crippen molar-refractivity contribution in [3.8, 4) is 17.2 Å². The Morgan fingerprint density at radius 1 is 1.15 bits per heavy atom. The van der Waals surface area contributed by atoms with Gasteiger partial charge in [0.15, 0.2) is 33.8 Å². The van der Waals surface area contributed by atoms with Gasteiger partial charge in [-0.15, -0.1) is 0 Å². The predicted octanol–water partition coefficient (Wildman–Crippen LogP) is 4.55. The summed E-state index contributed by atoms with van der Waals surface area (Å²) < 4.78 is 53.7. The van der Waals surface area contributed by atoms with E-state index in [4.69, 9.17) is 21.1 Å². The van der Waals surface area contributed by atoms with Crippen molar-refractivity contribution in [2.75, 3.05) is 18.4 Å². The number of aromatic hydroxyl groups is 1. The maximum absolute atomic E-state index is 13.1. The number of rotatable bonds is 8. The molecule has 3 heterocycles. The lowest BCUT2D eigenvalue weighted by Gasteiger charge is -2.15. The molecule has 0 fully saturated rings. The molecule has 1 aliphatic heterocycles. The normalized spacial score (nSPS) is 12.8. The molecule has 204 valence electrons. The van der Waals surface area contributed by atoms with Crippen molar-refractivity contribution >= 4 is 50.3 Å². The monoisotopic (exact) mass is 582 g/mol. The van der Waals surface area contributed by atoms with Crippen molar-refractivity contribution in [3.05, 3.63) is 76.5 Å². The fraction of sp³-hybridized carbons (Fsp3) is 0.154. The molecule has 4 aromatic rings. The highest BCUT2D eigenvalue weighted by Crippen LogP contribution is 2.37. The third kappa shape index (κ3) is 5.02. The number of halogens is 2. The highest BCUT2D eigenvalue weighted by molar-refractivity contribution is 7.92. The zero-order valence-electron chi connectivity index (χ0n) is 21.0. The van der Waals surface area contributed by atoms with Crippen LogP contribution in [0.3, 0.4) is 0 Å². The van der Waals surface area contributed by atoms with E-state index >= 15 is 0 Å². The number of hydrogen-bond donors (Lipinski definition) is 2. The van der Waals surface area contributed by atoms with Crippen molar-refractivity contribution in [2.24, 2.45) is 4.99 Å². The van der Waals surface area contributed by atoms with Crippen LogP contribution in [0.1, 0.15) is 18.3 Å². The van der Waals surface area contributed by atoms with Gasteiger partial charge in [-0.3, -0.25) is 9.29 Å². The summed E-state index contributed by atoms with van der Waals surface area (Å²) in [5.41, 5.74) is 6.33. The quantitative estimate of drug-likeness (QED) is 0.288. The van der Waals surface area contributed by atoms with Crippen LogP contribution in [0, 0.1) is 0 Å². The minimum Gasteiger partial charge on any atom is -0.506 e. The number of anilines is 1. The molecule has 2 N–H and O–H groups in total.